The van der Waals surface area contributed by atoms with Crippen molar-refractivity contribution in [2.45, 2.75) is 52.0 Å². The number of halogens is 2. The SMILES string of the molecule is CCC1=[C]([Hf]([Cl])[Cl])C2=CC=C[C](=[Ge]([CH3])[CH3])C(C)C2=C1C1=CC(C)=C(C)C1. The molecule has 3 rings (SSSR count). The summed E-state index contributed by atoms with van der Waals surface area (Å²) in [5, 5.41) is 0. The summed E-state index contributed by atoms with van der Waals surface area (Å²) in [5.74, 6) is 5.39. The monoisotopic (exact) mass is 615 g/mol. The van der Waals surface area contributed by atoms with Gasteiger partial charge in [0.25, 0.3) is 0 Å². The van der Waals surface area contributed by atoms with E-state index in [1.807, 2.05) is 0 Å². The van der Waals surface area contributed by atoms with Crippen molar-refractivity contribution in [2.24, 2.45) is 5.92 Å². The Balaban J connectivity index is 2.29. The van der Waals surface area contributed by atoms with Crippen molar-refractivity contribution in [3.63, 3.8) is 0 Å². The third-order valence-corrected chi connectivity index (χ3v) is 16.0. The molecule has 0 aromatic carbocycles. The molecule has 1 unspecified atom stereocenters. The van der Waals surface area contributed by atoms with E-state index in [1.165, 1.54) is 42.3 Å². The molecule has 3 aliphatic rings. The average molecular weight is 613 g/mol. The van der Waals surface area contributed by atoms with Crippen LogP contribution in [0.25, 0.3) is 0 Å². The molecular weight excluding hydrogens is 586 g/mol. The topological polar surface area (TPSA) is 0 Å². The standard InChI is InChI=1S/C22H27Ge.2ClH.Hf/c1-7-17-13-18-9-8-10-20(23(5)6)16(4)21(18)22(17)19-11-14(2)15(3)12-19;;;/h8-11,16H,7,12H2,1-6H3;2*1H;/q;;;+2/p-2. The molecule has 3 aliphatic carbocycles. The predicted octanol–water partition coefficient (Wildman–Crippen LogP) is 7.19. The Hall–Kier alpha value is 0.303. The molecule has 4 heteroatoms. The molecule has 0 amide bonds. The van der Waals surface area contributed by atoms with Crippen LogP contribution < -0.4 is 0 Å². The third kappa shape index (κ3) is 3.63. The minimum atomic E-state index is -2.74. The van der Waals surface area contributed by atoms with Gasteiger partial charge in [-0.15, -0.1) is 0 Å². The van der Waals surface area contributed by atoms with E-state index in [2.05, 4.69) is 63.5 Å². The van der Waals surface area contributed by atoms with Crippen LogP contribution in [0.3, 0.4) is 0 Å². The summed E-state index contributed by atoms with van der Waals surface area (Å²) >= 11 is -3.91. The second-order valence-electron chi connectivity index (χ2n) is 7.68. The molecular formula is C22H27Cl2GeHf. The van der Waals surface area contributed by atoms with Crippen molar-refractivity contribution in [2.75, 3.05) is 0 Å². The molecule has 0 spiro atoms. The van der Waals surface area contributed by atoms with E-state index in [-0.39, 0.29) is 0 Å². The van der Waals surface area contributed by atoms with Crippen LogP contribution in [-0.4, -0.2) is 18.3 Å². The van der Waals surface area contributed by atoms with Crippen LogP contribution in [0.1, 0.15) is 40.5 Å². The second kappa shape index (κ2) is 8.35. The number of hydrogen-bond acceptors (Lipinski definition) is 0. The van der Waals surface area contributed by atoms with Crippen LogP contribution in [0.4, 0.5) is 0 Å². The Kier molecular flexibility index (Phi) is 6.75. The molecule has 0 heterocycles. The molecule has 0 saturated heterocycles. The van der Waals surface area contributed by atoms with Crippen LogP contribution in [0.2, 0.25) is 11.5 Å². The number of rotatable bonds is 3. The first-order valence-electron chi connectivity index (χ1n) is 9.37. The molecule has 0 bridgehead atoms. The van der Waals surface area contributed by atoms with Crippen LogP contribution in [0.15, 0.2) is 66.6 Å². The molecule has 1 atom stereocenters. The van der Waals surface area contributed by atoms with Crippen molar-refractivity contribution in [3.8, 4) is 0 Å². The predicted molar refractivity (Wildman–Crippen MR) is 116 cm³/mol. The minimum absolute atomic E-state index is 0.472. The zero-order valence-electron chi connectivity index (χ0n) is 16.6. The van der Waals surface area contributed by atoms with Gasteiger partial charge in [-0.2, -0.15) is 0 Å². The van der Waals surface area contributed by atoms with Gasteiger partial charge in [0, 0.05) is 0 Å². The van der Waals surface area contributed by atoms with Crippen molar-refractivity contribution in [1.29, 1.82) is 0 Å². The first kappa shape index (κ1) is 21.0. The Labute approximate surface area is 177 Å². The van der Waals surface area contributed by atoms with Crippen LogP contribution in [0.5, 0.6) is 0 Å². The fourth-order valence-corrected chi connectivity index (χ4v) is 14.4. The number of fused-ring (bicyclic) bond motifs is 1. The van der Waals surface area contributed by atoms with E-state index in [1.54, 1.807) is 4.35 Å². The summed E-state index contributed by atoms with van der Waals surface area (Å²) in [6.45, 7) is 9.16. The third-order valence-electron chi connectivity index (χ3n) is 5.83. The van der Waals surface area contributed by atoms with Gasteiger partial charge in [-0.25, -0.2) is 0 Å². The van der Waals surface area contributed by atoms with E-state index in [0.29, 0.717) is 5.92 Å². The molecule has 26 heavy (non-hydrogen) atoms. The van der Waals surface area contributed by atoms with Gasteiger partial charge in [0.1, 0.15) is 0 Å². The first-order chi connectivity index (χ1) is 12.3. The fraction of sp³-hybridized carbons (Fsp3) is 0.409. The summed E-state index contributed by atoms with van der Waals surface area (Å²) in [4.78, 5) is 0. The van der Waals surface area contributed by atoms with Gasteiger partial charge in [-0.1, -0.05) is 0 Å². The van der Waals surface area contributed by atoms with E-state index in [0.717, 1.165) is 12.8 Å². The summed E-state index contributed by atoms with van der Waals surface area (Å²) in [5.41, 5.74) is 10.2. The first-order valence-corrected chi connectivity index (χ1v) is 25.3. The Bertz CT molecular complexity index is 872. The van der Waals surface area contributed by atoms with Crippen molar-refractivity contribution in [1.82, 2.24) is 0 Å². The molecule has 0 fully saturated rings. The van der Waals surface area contributed by atoms with Gasteiger partial charge in [0.05, 0.1) is 0 Å². The summed E-state index contributed by atoms with van der Waals surface area (Å²) < 4.78 is 3.01. The molecule has 0 aromatic heterocycles. The average Bonchev–Trinajstić information content (AvgIpc) is 3.01. The fourth-order valence-electron chi connectivity index (χ4n) is 4.45. The zero-order valence-corrected chi connectivity index (χ0v) is 23.8. The van der Waals surface area contributed by atoms with E-state index in [4.69, 9.17) is 17.2 Å². The van der Waals surface area contributed by atoms with Crippen molar-refractivity contribution < 1.29 is 19.1 Å². The maximum atomic E-state index is 6.71. The van der Waals surface area contributed by atoms with Gasteiger partial charge in [-0.3, -0.25) is 0 Å². The summed E-state index contributed by atoms with van der Waals surface area (Å²) in [6, 6.07) is 0. The molecule has 137 valence electrons. The van der Waals surface area contributed by atoms with Crippen molar-refractivity contribution in [3.05, 3.63) is 66.6 Å². The van der Waals surface area contributed by atoms with Gasteiger partial charge >= 0.3 is 179 Å². The molecule has 0 N–H and O–H groups in total. The molecule has 0 nitrogen and oxygen atoms in total. The van der Waals surface area contributed by atoms with Crippen LogP contribution >= 0.6 is 17.2 Å². The number of hydrogen-bond donors (Lipinski definition) is 0. The van der Waals surface area contributed by atoms with Crippen LogP contribution in [0, 0.1) is 5.92 Å². The second-order valence-corrected chi connectivity index (χ2v) is 24.5. The van der Waals surface area contributed by atoms with Gasteiger partial charge in [0.15, 0.2) is 0 Å². The summed E-state index contributed by atoms with van der Waals surface area (Å²) in [7, 11) is 13.4. The molecule has 0 radical (unpaired) electrons. The van der Waals surface area contributed by atoms with Gasteiger partial charge < -0.3 is 0 Å². The van der Waals surface area contributed by atoms with Crippen molar-refractivity contribution >= 4 is 35.4 Å². The number of allylic oxidation sites excluding steroid dienone is 12. The molecule has 0 saturated carbocycles. The normalized spacial score (nSPS) is 22.8. The quantitative estimate of drug-likeness (QED) is 0.296. The molecule has 0 aromatic rings. The Morgan fingerprint density at radius 1 is 1.23 bits per heavy atom. The van der Waals surface area contributed by atoms with Gasteiger partial charge in [0.2, 0.25) is 0 Å². The maximum absolute atomic E-state index is 6.71. The van der Waals surface area contributed by atoms with E-state index < -0.39 is 33.0 Å². The van der Waals surface area contributed by atoms with Gasteiger partial charge in [-0.05, 0) is 0 Å². The van der Waals surface area contributed by atoms with Crippen LogP contribution in [-0.2, 0) is 19.1 Å². The van der Waals surface area contributed by atoms with E-state index in [9.17, 15) is 0 Å². The Morgan fingerprint density at radius 2 is 1.92 bits per heavy atom. The summed E-state index contributed by atoms with van der Waals surface area (Å²) in [6.07, 6.45) is 11.4. The molecule has 0 aliphatic heterocycles. The van der Waals surface area contributed by atoms with E-state index >= 15 is 0 Å². The Morgan fingerprint density at radius 3 is 2.42 bits per heavy atom. The zero-order chi connectivity index (χ0) is 19.2.